The van der Waals surface area contributed by atoms with Crippen molar-refractivity contribution < 1.29 is 8.42 Å². The van der Waals surface area contributed by atoms with Crippen molar-refractivity contribution in [1.29, 1.82) is 0 Å². The number of hydrogen-bond donors (Lipinski definition) is 2. The van der Waals surface area contributed by atoms with Gasteiger partial charge in [-0.05, 0) is 12.8 Å². The maximum Gasteiger partial charge on any atom is 0.278 e. The van der Waals surface area contributed by atoms with E-state index in [1.807, 2.05) is 6.07 Å². The molecule has 0 unspecified atom stereocenters. The van der Waals surface area contributed by atoms with Gasteiger partial charge in [0.05, 0.1) is 0 Å². The Kier molecular flexibility index (Phi) is 5.32. The Balaban J connectivity index is 1.82. The van der Waals surface area contributed by atoms with Gasteiger partial charge in [-0.1, -0.05) is 0 Å². The molecule has 0 radical (unpaired) electrons. The third-order valence-electron chi connectivity index (χ3n) is 3.28. The van der Waals surface area contributed by atoms with E-state index in [1.165, 1.54) is 33.3 Å². The number of anilines is 2. The summed E-state index contributed by atoms with van der Waals surface area (Å²) in [6, 6.07) is 1.89. The van der Waals surface area contributed by atoms with E-state index >= 15 is 0 Å². The van der Waals surface area contributed by atoms with E-state index < -0.39 is 10.2 Å². The molecule has 1 aliphatic heterocycles. The van der Waals surface area contributed by atoms with Crippen LogP contribution in [0, 0.1) is 0 Å². The van der Waals surface area contributed by atoms with Crippen molar-refractivity contribution in [2.24, 2.45) is 0 Å². The summed E-state index contributed by atoms with van der Waals surface area (Å²) < 4.78 is 26.7. The molecule has 0 bridgehead atoms. The summed E-state index contributed by atoms with van der Waals surface area (Å²) in [4.78, 5) is 10.6. The maximum absolute atomic E-state index is 11.5. The van der Waals surface area contributed by atoms with Gasteiger partial charge in [0.1, 0.15) is 18.0 Å². The van der Waals surface area contributed by atoms with Crippen LogP contribution in [0.25, 0.3) is 0 Å². The number of rotatable bonds is 7. The summed E-state index contributed by atoms with van der Waals surface area (Å²) in [5.74, 6) is 1.62. The molecule has 0 aromatic carbocycles. The molecule has 0 spiro atoms. The predicted molar refractivity (Wildman–Crippen MR) is 82.6 cm³/mol. The Morgan fingerprint density at radius 2 is 1.95 bits per heavy atom. The summed E-state index contributed by atoms with van der Waals surface area (Å²) in [6.45, 7) is 2.81. The normalized spacial score (nSPS) is 15.7. The molecule has 1 aliphatic rings. The molecule has 21 heavy (non-hydrogen) atoms. The largest absolute Gasteiger partial charge is 0.369 e. The summed E-state index contributed by atoms with van der Waals surface area (Å²) >= 11 is 0. The Bertz CT molecular complexity index is 557. The van der Waals surface area contributed by atoms with Gasteiger partial charge in [-0.15, -0.1) is 0 Å². The van der Waals surface area contributed by atoms with Gasteiger partial charge in [0, 0.05) is 46.3 Å². The van der Waals surface area contributed by atoms with Crippen LogP contribution in [0.1, 0.15) is 12.8 Å². The highest BCUT2D eigenvalue weighted by Crippen LogP contribution is 2.18. The molecule has 9 heteroatoms. The lowest BCUT2D eigenvalue weighted by Crippen LogP contribution is -2.38. The van der Waals surface area contributed by atoms with Crippen molar-refractivity contribution in [2.45, 2.75) is 12.8 Å². The molecule has 0 amide bonds. The van der Waals surface area contributed by atoms with Gasteiger partial charge >= 0.3 is 0 Å². The van der Waals surface area contributed by atoms with Crippen molar-refractivity contribution in [3.05, 3.63) is 12.4 Å². The zero-order chi connectivity index (χ0) is 15.3. The van der Waals surface area contributed by atoms with Crippen LogP contribution < -0.4 is 14.9 Å². The highest BCUT2D eigenvalue weighted by atomic mass is 32.2. The molecule has 0 atom stereocenters. The summed E-state index contributed by atoms with van der Waals surface area (Å²) in [6.07, 6.45) is 3.91. The first-order valence-electron chi connectivity index (χ1n) is 6.97. The lowest BCUT2D eigenvalue weighted by Gasteiger charge is -2.17. The minimum atomic E-state index is -3.37. The molecule has 0 aliphatic carbocycles. The van der Waals surface area contributed by atoms with E-state index in [9.17, 15) is 8.42 Å². The molecule has 2 heterocycles. The monoisotopic (exact) mass is 314 g/mol. The van der Waals surface area contributed by atoms with E-state index in [4.69, 9.17) is 0 Å². The minimum Gasteiger partial charge on any atom is -0.369 e. The fraction of sp³-hybridized carbons (Fsp3) is 0.667. The van der Waals surface area contributed by atoms with Crippen LogP contribution in [0.4, 0.5) is 11.6 Å². The van der Waals surface area contributed by atoms with E-state index in [2.05, 4.69) is 24.9 Å². The summed E-state index contributed by atoms with van der Waals surface area (Å²) in [5, 5.41) is 3.10. The van der Waals surface area contributed by atoms with Gasteiger partial charge < -0.3 is 10.2 Å². The second-order valence-electron chi connectivity index (χ2n) is 5.06. The maximum atomic E-state index is 11.5. The molecule has 8 nitrogen and oxygen atoms in total. The quantitative estimate of drug-likeness (QED) is 0.682. The number of hydrogen-bond acceptors (Lipinski definition) is 6. The summed E-state index contributed by atoms with van der Waals surface area (Å²) in [5.41, 5.74) is 0. The van der Waals surface area contributed by atoms with E-state index in [0.29, 0.717) is 18.9 Å². The number of nitrogens with zero attached hydrogens (tertiary/aromatic N) is 4. The first kappa shape index (κ1) is 15.9. The molecule has 2 N–H and O–H groups in total. The van der Waals surface area contributed by atoms with Crippen molar-refractivity contribution in [2.75, 3.05) is 50.5 Å². The van der Waals surface area contributed by atoms with Crippen molar-refractivity contribution in [3.8, 4) is 0 Å². The molecule has 1 fully saturated rings. The van der Waals surface area contributed by atoms with Crippen LogP contribution >= 0.6 is 0 Å². The number of aromatic nitrogens is 2. The first-order valence-corrected chi connectivity index (χ1v) is 8.41. The lowest BCUT2D eigenvalue weighted by atomic mass is 10.4. The zero-order valence-electron chi connectivity index (χ0n) is 12.4. The van der Waals surface area contributed by atoms with Crippen LogP contribution in [0.15, 0.2) is 12.4 Å². The van der Waals surface area contributed by atoms with Crippen LogP contribution in [0.2, 0.25) is 0 Å². The van der Waals surface area contributed by atoms with Crippen molar-refractivity contribution in [1.82, 2.24) is 19.0 Å². The van der Waals surface area contributed by atoms with Crippen LogP contribution in [0.5, 0.6) is 0 Å². The SMILES string of the molecule is CN(C)S(=O)(=O)NCCNc1cc(N2CCCC2)ncn1. The van der Waals surface area contributed by atoms with E-state index in [-0.39, 0.29) is 0 Å². The van der Waals surface area contributed by atoms with E-state index in [1.54, 1.807) is 0 Å². The Labute approximate surface area is 125 Å². The molecular weight excluding hydrogens is 292 g/mol. The van der Waals surface area contributed by atoms with Gasteiger partial charge in [-0.25, -0.2) is 14.7 Å². The van der Waals surface area contributed by atoms with E-state index in [0.717, 1.165) is 23.2 Å². The molecular formula is C12H22N6O2S. The average Bonchev–Trinajstić information content (AvgIpc) is 2.98. The Morgan fingerprint density at radius 1 is 1.24 bits per heavy atom. The highest BCUT2D eigenvalue weighted by molar-refractivity contribution is 7.87. The topological polar surface area (TPSA) is 90.5 Å². The van der Waals surface area contributed by atoms with Crippen molar-refractivity contribution >= 4 is 21.8 Å². The van der Waals surface area contributed by atoms with Gasteiger partial charge in [-0.2, -0.15) is 12.7 Å². The van der Waals surface area contributed by atoms with Crippen LogP contribution in [-0.4, -0.2) is 63.0 Å². The molecule has 1 saturated heterocycles. The average molecular weight is 314 g/mol. The second kappa shape index (κ2) is 7.01. The summed E-state index contributed by atoms with van der Waals surface area (Å²) in [7, 11) is -0.394. The Morgan fingerprint density at radius 3 is 2.62 bits per heavy atom. The second-order valence-corrected chi connectivity index (χ2v) is 7.03. The standard InChI is InChI=1S/C12H22N6O2S/c1-17(2)21(19,20)16-6-5-13-11-9-12(15-10-14-11)18-7-3-4-8-18/h9-10,16H,3-8H2,1-2H3,(H,13,14,15). The first-order chi connectivity index (χ1) is 9.99. The van der Waals surface area contributed by atoms with Gasteiger partial charge in [0.15, 0.2) is 0 Å². The lowest BCUT2D eigenvalue weighted by molar-refractivity contribution is 0.507. The fourth-order valence-corrected chi connectivity index (χ4v) is 2.68. The van der Waals surface area contributed by atoms with Crippen LogP contribution in [0.3, 0.4) is 0 Å². The predicted octanol–water partition coefficient (Wildman–Crippen LogP) is -0.115. The van der Waals surface area contributed by atoms with Crippen LogP contribution in [-0.2, 0) is 10.2 Å². The minimum absolute atomic E-state index is 0.295. The fourth-order valence-electron chi connectivity index (χ4n) is 2.06. The van der Waals surface area contributed by atoms with Gasteiger partial charge in [0.25, 0.3) is 10.2 Å². The molecule has 1 aromatic heterocycles. The van der Waals surface area contributed by atoms with Crippen molar-refractivity contribution in [3.63, 3.8) is 0 Å². The highest BCUT2D eigenvalue weighted by Gasteiger charge is 2.14. The van der Waals surface area contributed by atoms with Gasteiger partial charge in [0.2, 0.25) is 0 Å². The Hall–Kier alpha value is -1.45. The smallest absolute Gasteiger partial charge is 0.278 e. The zero-order valence-corrected chi connectivity index (χ0v) is 13.2. The third-order valence-corrected chi connectivity index (χ3v) is 4.81. The third kappa shape index (κ3) is 4.51. The molecule has 1 aromatic rings. The molecule has 2 rings (SSSR count). The number of nitrogens with one attached hydrogen (secondary N) is 2. The molecule has 118 valence electrons. The van der Waals surface area contributed by atoms with Gasteiger partial charge in [-0.3, -0.25) is 0 Å². The molecule has 0 saturated carbocycles.